The van der Waals surface area contributed by atoms with Gasteiger partial charge in [-0.25, -0.2) is 9.59 Å². The van der Waals surface area contributed by atoms with Crippen LogP contribution in [0.3, 0.4) is 0 Å². The van der Waals surface area contributed by atoms with E-state index in [1.54, 1.807) is 6.92 Å². The molecule has 0 unspecified atom stereocenters. The first kappa shape index (κ1) is 15.9. The van der Waals surface area contributed by atoms with E-state index in [0.29, 0.717) is 12.0 Å². The molecule has 0 aromatic heterocycles. The Bertz CT molecular complexity index is 519. The van der Waals surface area contributed by atoms with E-state index in [2.05, 4.69) is 4.74 Å². The minimum absolute atomic E-state index is 0.0258. The van der Waals surface area contributed by atoms with Gasteiger partial charge in [-0.2, -0.15) is 0 Å². The van der Waals surface area contributed by atoms with Crippen LogP contribution in [0.15, 0.2) is 18.2 Å². The molecule has 0 atom stereocenters. The molecule has 5 heteroatoms. The Morgan fingerprint density at radius 2 is 1.90 bits per heavy atom. The summed E-state index contributed by atoms with van der Waals surface area (Å²) in [5.41, 5.74) is 0.637. The molecule has 20 heavy (non-hydrogen) atoms. The van der Waals surface area contributed by atoms with Crippen LogP contribution in [-0.2, 0) is 9.53 Å². The second-order valence-corrected chi connectivity index (χ2v) is 4.55. The van der Waals surface area contributed by atoms with E-state index in [9.17, 15) is 14.4 Å². The van der Waals surface area contributed by atoms with Crippen LogP contribution in [0.25, 0.3) is 0 Å². The van der Waals surface area contributed by atoms with Crippen LogP contribution in [-0.4, -0.2) is 23.0 Å². The van der Waals surface area contributed by atoms with Gasteiger partial charge in [0, 0.05) is 6.42 Å². The van der Waals surface area contributed by atoms with E-state index in [0.717, 1.165) is 12.8 Å². The molecule has 0 aliphatic carbocycles. The Balaban J connectivity index is 2.70. The Hall–Kier alpha value is -2.17. The number of aromatic carboxylic acids is 1. The number of carboxylic acids is 1. The van der Waals surface area contributed by atoms with Crippen LogP contribution in [0.5, 0.6) is 0 Å². The first-order chi connectivity index (χ1) is 9.45. The van der Waals surface area contributed by atoms with Crippen molar-refractivity contribution in [3.05, 3.63) is 34.9 Å². The molecule has 0 radical (unpaired) electrons. The SMILES string of the molecule is CCCCCC(=O)OC(=O)c1ccc(C)c(C(=O)O)c1. The highest BCUT2D eigenvalue weighted by molar-refractivity contribution is 5.99. The normalized spacial score (nSPS) is 10.1. The first-order valence-electron chi connectivity index (χ1n) is 6.54. The van der Waals surface area contributed by atoms with Crippen LogP contribution in [0.1, 0.15) is 58.9 Å². The van der Waals surface area contributed by atoms with Gasteiger partial charge < -0.3 is 9.84 Å². The molecule has 108 valence electrons. The van der Waals surface area contributed by atoms with E-state index in [4.69, 9.17) is 5.11 Å². The minimum Gasteiger partial charge on any atom is -0.478 e. The van der Waals surface area contributed by atoms with Gasteiger partial charge in [0.05, 0.1) is 11.1 Å². The summed E-state index contributed by atoms with van der Waals surface area (Å²) in [6.45, 7) is 3.64. The molecule has 1 rings (SSSR count). The molecule has 1 aromatic carbocycles. The lowest BCUT2D eigenvalue weighted by Gasteiger charge is -2.05. The smallest absolute Gasteiger partial charge is 0.345 e. The topological polar surface area (TPSA) is 80.7 Å². The molecule has 0 saturated carbocycles. The summed E-state index contributed by atoms with van der Waals surface area (Å²) in [4.78, 5) is 34.1. The van der Waals surface area contributed by atoms with E-state index in [1.807, 2.05) is 6.92 Å². The van der Waals surface area contributed by atoms with Gasteiger partial charge in [-0.15, -0.1) is 0 Å². The summed E-state index contributed by atoms with van der Waals surface area (Å²) < 4.78 is 4.69. The lowest BCUT2D eigenvalue weighted by Crippen LogP contribution is -2.13. The standard InChI is InChI=1S/C15H18O5/c1-3-4-5-6-13(16)20-15(19)11-8-7-10(2)12(9-11)14(17)18/h7-9H,3-6H2,1-2H3,(H,17,18). The van der Waals surface area contributed by atoms with Crippen molar-refractivity contribution in [3.8, 4) is 0 Å². The van der Waals surface area contributed by atoms with Gasteiger partial charge in [-0.3, -0.25) is 4.79 Å². The Morgan fingerprint density at radius 1 is 1.20 bits per heavy atom. The van der Waals surface area contributed by atoms with Crippen LogP contribution in [0.4, 0.5) is 0 Å². The Morgan fingerprint density at radius 3 is 2.50 bits per heavy atom. The first-order valence-corrected chi connectivity index (χ1v) is 6.54. The van der Waals surface area contributed by atoms with E-state index in [1.165, 1.54) is 18.2 Å². The molecule has 1 N–H and O–H groups in total. The second kappa shape index (κ2) is 7.43. The van der Waals surface area contributed by atoms with E-state index < -0.39 is 17.9 Å². The number of carbonyl (C=O) groups is 3. The Kier molecular flexibility index (Phi) is 5.90. The minimum atomic E-state index is -1.12. The lowest BCUT2D eigenvalue weighted by atomic mass is 10.1. The number of carboxylic acid groups (broad SMARTS) is 1. The lowest BCUT2D eigenvalue weighted by molar-refractivity contribution is -0.138. The zero-order chi connectivity index (χ0) is 15.1. The molecular formula is C15H18O5. The van der Waals surface area contributed by atoms with Gasteiger partial charge in [0.1, 0.15) is 0 Å². The summed E-state index contributed by atoms with van der Waals surface area (Å²) in [6.07, 6.45) is 2.74. The van der Waals surface area contributed by atoms with Gasteiger partial charge in [0.25, 0.3) is 0 Å². The molecule has 5 nitrogen and oxygen atoms in total. The van der Waals surface area contributed by atoms with Crippen LogP contribution >= 0.6 is 0 Å². The van der Waals surface area contributed by atoms with Gasteiger partial charge in [0.15, 0.2) is 0 Å². The molecule has 0 aliphatic rings. The fraction of sp³-hybridized carbons (Fsp3) is 0.400. The number of hydrogen-bond acceptors (Lipinski definition) is 4. The van der Waals surface area contributed by atoms with Gasteiger partial charge in [-0.1, -0.05) is 25.8 Å². The fourth-order valence-corrected chi connectivity index (χ4v) is 1.71. The molecule has 0 bridgehead atoms. The highest BCUT2D eigenvalue weighted by atomic mass is 16.6. The van der Waals surface area contributed by atoms with Crippen molar-refractivity contribution >= 4 is 17.9 Å². The van der Waals surface area contributed by atoms with Crippen molar-refractivity contribution in [1.82, 2.24) is 0 Å². The summed E-state index contributed by atoms with van der Waals surface area (Å²) in [5, 5.41) is 8.98. The number of aryl methyl sites for hydroxylation is 1. The predicted octanol–water partition coefficient (Wildman–Crippen LogP) is 2.96. The number of rotatable bonds is 6. The maximum atomic E-state index is 11.7. The zero-order valence-electron chi connectivity index (χ0n) is 11.6. The third-order valence-electron chi connectivity index (χ3n) is 2.89. The zero-order valence-corrected chi connectivity index (χ0v) is 11.6. The van der Waals surface area contributed by atoms with E-state index in [-0.39, 0.29) is 17.5 Å². The maximum absolute atomic E-state index is 11.7. The molecular weight excluding hydrogens is 260 g/mol. The molecule has 1 aromatic rings. The maximum Gasteiger partial charge on any atom is 0.345 e. The van der Waals surface area contributed by atoms with Crippen LogP contribution in [0.2, 0.25) is 0 Å². The van der Waals surface area contributed by atoms with Crippen molar-refractivity contribution in [2.24, 2.45) is 0 Å². The third kappa shape index (κ3) is 4.50. The number of benzene rings is 1. The van der Waals surface area contributed by atoms with Crippen molar-refractivity contribution in [2.45, 2.75) is 39.5 Å². The predicted molar refractivity (Wildman–Crippen MR) is 72.7 cm³/mol. The average molecular weight is 278 g/mol. The van der Waals surface area contributed by atoms with Crippen molar-refractivity contribution in [3.63, 3.8) is 0 Å². The van der Waals surface area contributed by atoms with Crippen molar-refractivity contribution < 1.29 is 24.2 Å². The van der Waals surface area contributed by atoms with E-state index >= 15 is 0 Å². The molecule has 0 heterocycles. The summed E-state index contributed by atoms with van der Waals surface area (Å²) in [7, 11) is 0. The second-order valence-electron chi connectivity index (χ2n) is 4.55. The molecule has 0 saturated heterocycles. The van der Waals surface area contributed by atoms with Crippen LogP contribution in [0, 0.1) is 6.92 Å². The monoisotopic (exact) mass is 278 g/mol. The number of ether oxygens (including phenoxy) is 1. The molecule has 0 fully saturated rings. The number of carbonyl (C=O) groups excluding carboxylic acids is 2. The highest BCUT2D eigenvalue weighted by Crippen LogP contribution is 2.13. The van der Waals surface area contributed by atoms with Crippen LogP contribution < -0.4 is 0 Å². The summed E-state index contributed by atoms with van der Waals surface area (Å²) >= 11 is 0. The largest absolute Gasteiger partial charge is 0.478 e. The van der Waals surface area contributed by atoms with Gasteiger partial charge >= 0.3 is 17.9 Å². The highest BCUT2D eigenvalue weighted by Gasteiger charge is 2.16. The fourth-order valence-electron chi connectivity index (χ4n) is 1.71. The number of hydrogen-bond donors (Lipinski definition) is 1. The molecule has 0 spiro atoms. The van der Waals surface area contributed by atoms with Gasteiger partial charge in [-0.05, 0) is 31.0 Å². The third-order valence-corrected chi connectivity index (χ3v) is 2.89. The summed E-state index contributed by atoms with van der Waals surface area (Å²) in [6, 6.07) is 4.18. The van der Waals surface area contributed by atoms with Crippen molar-refractivity contribution in [2.75, 3.05) is 0 Å². The van der Waals surface area contributed by atoms with Crippen molar-refractivity contribution in [1.29, 1.82) is 0 Å². The Labute approximate surface area is 117 Å². The average Bonchev–Trinajstić information content (AvgIpc) is 2.39. The summed E-state index contributed by atoms with van der Waals surface area (Å²) in [5.74, 6) is -2.51. The quantitative estimate of drug-likeness (QED) is 0.491. The number of unbranched alkanes of at least 4 members (excludes halogenated alkanes) is 2. The van der Waals surface area contributed by atoms with Gasteiger partial charge in [0.2, 0.25) is 0 Å². The molecule has 0 amide bonds. The number of esters is 2. The molecule has 0 aliphatic heterocycles.